The molecule has 1 amide bonds. The number of hydrogen-bond donors (Lipinski definition) is 1. The van der Waals surface area contributed by atoms with Gasteiger partial charge in [-0.1, -0.05) is 12.1 Å². The summed E-state index contributed by atoms with van der Waals surface area (Å²) in [6, 6.07) is 7.97. The number of carbonyl (C=O) groups excluding carboxylic acids is 1. The molecule has 7 heteroatoms. The van der Waals surface area contributed by atoms with E-state index in [4.69, 9.17) is 0 Å². The van der Waals surface area contributed by atoms with E-state index in [1.165, 1.54) is 18.9 Å². The zero-order valence-corrected chi connectivity index (χ0v) is 16.8. The van der Waals surface area contributed by atoms with Crippen LogP contribution >= 0.6 is 12.4 Å². The van der Waals surface area contributed by atoms with Crippen molar-refractivity contribution in [3.8, 4) is 5.69 Å². The van der Waals surface area contributed by atoms with E-state index in [0.29, 0.717) is 23.5 Å². The zero-order valence-electron chi connectivity index (χ0n) is 16.0. The van der Waals surface area contributed by atoms with Crippen molar-refractivity contribution in [2.45, 2.75) is 63.1 Å². The van der Waals surface area contributed by atoms with Gasteiger partial charge in [0.15, 0.2) is 5.69 Å². The lowest BCUT2D eigenvalue weighted by atomic mass is 9.98. The van der Waals surface area contributed by atoms with Crippen molar-refractivity contribution in [2.75, 3.05) is 7.05 Å². The summed E-state index contributed by atoms with van der Waals surface area (Å²) >= 11 is 0. The van der Waals surface area contributed by atoms with E-state index in [9.17, 15) is 9.18 Å². The Hall–Kier alpha value is -1.92. The number of benzene rings is 1. The number of hydrogen-bond acceptors (Lipinski definition) is 3. The fraction of sp³-hybridized carbons (Fsp3) is 0.524. The van der Waals surface area contributed by atoms with Crippen molar-refractivity contribution in [3.63, 3.8) is 0 Å². The molecule has 2 aliphatic heterocycles. The van der Waals surface area contributed by atoms with Gasteiger partial charge in [0.05, 0.1) is 0 Å². The van der Waals surface area contributed by atoms with Crippen molar-refractivity contribution in [1.29, 1.82) is 0 Å². The maximum atomic E-state index is 14.3. The third-order valence-electron chi connectivity index (χ3n) is 6.53. The number of halogens is 2. The van der Waals surface area contributed by atoms with Gasteiger partial charge in [-0.3, -0.25) is 4.79 Å². The Bertz CT molecular complexity index is 887. The molecule has 0 radical (unpaired) electrons. The molecule has 1 aromatic carbocycles. The maximum absolute atomic E-state index is 14.3. The number of fused-ring (bicyclic) bond motifs is 3. The summed E-state index contributed by atoms with van der Waals surface area (Å²) in [5.74, 6) is -0.327. The van der Waals surface area contributed by atoms with Gasteiger partial charge in [0.2, 0.25) is 0 Å². The van der Waals surface area contributed by atoms with Crippen LogP contribution in [0.5, 0.6) is 0 Å². The molecule has 28 heavy (non-hydrogen) atoms. The van der Waals surface area contributed by atoms with Gasteiger partial charge in [0, 0.05) is 36.4 Å². The van der Waals surface area contributed by atoms with E-state index in [1.54, 1.807) is 22.9 Å². The molecule has 5 nitrogen and oxygen atoms in total. The number of para-hydroxylation sites is 1. The molecule has 2 unspecified atom stereocenters. The van der Waals surface area contributed by atoms with Crippen molar-refractivity contribution in [3.05, 3.63) is 47.0 Å². The summed E-state index contributed by atoms with van der Waals surface area (Å²) in [5.41, 5.74) is 2.94. The summed E-state index contributed by atoms with van der Waals surface area (Å²) in [5, 5.41) is 8.23. The van der Waals surface area contributed by atoms with Crippen molar-refractivity contribution < 1.29 is 9.18 Å². The van der Waals surface area contributed by atoms with Crippen LogP contribution in [0.4, 0.5) is 4.39 Å². The van der Waals surface area contributed by atoms with E-state index in [1.807, 2.05) is 11.9 Å². The molecule has 0 saturated carbocycles. The van der Waals surface area contributed by atoms with Crippen molar-refractivity contribution in [1.82, 2.24) is 20.0 Å². The quantitative estimate of drug-likeness (QED) is 0.854. The summed E-state index contributed by atoms with van der Waals surface area (Å²) < 4.78 is 16.0. The average Bonchev–Trinajstić information content (AvgIpc) is 3.36. The minimum Gasteiger partial charge on any atom is -0.337 e. The molecule has 3 aliphatic rings. The molecule has 150 valence electrons. The summed E-state index contributed by atoms with van der Waals surface area (Å²) in [6.07, 6.45) is 7.11. The second kappa shape index (κ2) is 7.48. The highest BCUT2D eigenvalue weighted by molar-refractivity contribution is 5.94. The Morgan fingerprint density at radius 3 is 2.64 bits per heavy atom. The van der Waals surface area contributed by atoms with Gasteiger partial charge in [-0.15, -0.1) is 12.4 Å². The van der Waals surface area contributed by atoms with Crippen molar-refractivity contribution in [2.24, 2.45) is 0 Å². The highest BCUT2D eigenvalue weighted by atomic mass is 35.5. The molecular weight excluding hydrogens is 379 g/mol. The van der Waals surface area contributed by atoms with Crippen LogP contribution < -0.4 is 5.32 Å². The first-order valence-corrected chi connectivity index (χ1v) is 10.0. The second-order valence-corrected chi connectivity index (χ2v) is 8.17. The summed E-state index contributed by atoms with van der Waals surface area (Å²) in [7, 11) is 1.90. The van der Waals surface area contributed by atoms with E-state index in [0.717, 1.165) is 43.4 Å². The lowest BCUT2D eigenvalue weighted by Crippen LogP contribution is -2.48. The van der Waals surface area contributed by atoms with Crippen LogP contribution in [0.3, 0.4) is 0 Å². The molecule has 2 bridgehead atoms. The molecule has 2 fully saturated rings. The highest BCUT2D eigenvalue weighted by Crippen LogP contribution is 2.32. The Morgan fingerprint density at radius 2 is 1.93 bits per heavy atom. The fourth-order valence-electron chi connectivity index (χ4n) is 5.11. The first kappa shape index (κ1) is 19.4. The third-order valence-corrected chi connectivity index (χ3v) is 6.53. The van der Waals surface area contributed by atoms with Gasteiger partial charge >= 0.3 is 0 Å². The maximum Gasteiger partial charge on any atom is 0.274 e. The molecule has 5 rings (SSSR count). The van der Waals surface area contributed by atoms with Gasteiger partial charge in [-0.05, 0) is 57.1 Å². The average molecular weight is 405 g/mol. The summed E-state index contributed by atoms with van der Waals surface area (Å²) in [6.45, 7) is 0. The first-order chi connectivity index (χ1) is 13.1. The molecule has 1 aliphatic carbocycles. The second-order valence-electron chi connectivity index (χ2n) is 8.17. The third kappa shape index (κ3) is 3.12. The number of rotatable bonds is 3. The number of carbonyl (C=O) groups is 1. The van der Waals surface area contributed by atoms with Crippen LogP contribution in [0.25, 0.3) is 5.69 Å². The lowest BCUT2D eigenvalue weighted by molar-refractivity contribution is 0.0674. The minimum atomic E-state index is -0.308. The molecule has 0 spiro atoms. The van der Waals surface area contributed by atoms with Gasteiger partial charge in [-0.25, -0.2) is 9.07 Å². The molecule has 1 N–H and O–H groups in total. The minimum absolute atomic E-state index is 0. The van der Waals surface area contributed by atoms with Gasteiger partial charge in [-0.2, -0.15) is 5.10 Å². The predicted octanol–water partition coefficient (Wildman–Crippen LogP) is 3.28. The lowest BCUT2D eigenvalue weighted by Gasteiger charge is -2.35. The smallest absolute Gasteiger partial charge is 0.274 e. The largest absolute Gasteiger partial charge is 0.337 e. The van der Waals surface area contributed by atoms with Crippen LogP contribution in [0, 0.1) is 5.82 Å². The molecular formula is C21H26ClFN4O. The monoisotopic (exact) mass is 404 g/mol. The Labute approximate surface area is 170 Å². The van der Waals surface area contributed by atoms with Crippen LogP contribution in [-0.4, -0.2) is 45.8 Å². The van der Waals surface area contributed by atoms with E-state index >= 15 is 0 Å². The number of piperidine rings is 1. The summed E-state index contributed by atoms with van der Waals surface area (Å²) in [4.78, 5) is 15.2. The molecule has 1 aromatic heterocycles. The van der Waals surface area contributed by atoms with Crippen LogP contribution in [0.15, 0.2) is 24.3 Å². The van der Waals surface area contributed by atoms with Gasteiger partial charge in [0.1, 0.15) is 11.5 Å². The van der Waals surface area contributed by atoms with Gasteiger partial charge in [0.25, 0.3) is 5.91 Å². The van der Waals surface area contributed by atoms with Crippen LogP contribution in [-0.2, 0) is 12.8 Å². The Morgan fingerprint density at radius 1 is 1.21 bits per heavy atom. The van der Waals surface area contributed by atoms with E-state index in [-0.39, 0.29) is 30.2 Å². The topological polar surface area (TPSA) is 50.2 Å². The van der Waals surface area contributed by atoms with Crippen LogP contribution in [0.1, 0.15) is 53.8 Å². The predicted molar refractivity (Wildman–Crippen MR) is 108 cm³/mol. The Balaban J connectivity index is 0.00000192. The molecule has 3 heterocycles. The Kier molecular flexibility index (Phi) is 5.19. The van der Waals surface area contributed by atoms with E-state index in [2.05, 4.69) is 10.4 Å². The van der Waals surface area contributed by atoms with E-state index < -0.39 is 0 Å². The normalized spacial score (nSPS) is 25.3. The first-order valence-electron chi connectivity index (χ1n) is 10.0. The fourth-order valence-corrected chi connectivity index (χ4v) is 5.11. The van der Waals surface area contributed by atoms with Gasteiger partial charge < -0.3 is 10.2 Å². The SMILES string of the molecule is CN(C(=O)c1nn(-c2ccccc2F)c2c1CCC2)C1CC2CCC(C1)N2.Cl. The standard InChI is InChI=1S/C21H25FN4O.ClH/c1-25(15-11-13-9-10-14(12-15)23-13)21(27)20-16-5-4-8-18(16)26(24-20)19-7-3-2-6-17(19)22;/h2-3,6-7,13-15,23H,4-5,8-12H2,1H3;1H. The number of nitrogens with one attached hydrogen (secondary N) is 1. The molecule has 2 atom stereocenters. The number of nitrogens with zero attached hydrogens (tertiary/aromatic N) is 3. The number of aromatic nitrogens is 2. The zero-order chi connectivity index (χ0) is 18.5. The molecule has 2 aromatic rings. The highest BCUT2D eigenvalue weighted by Gasteiger charge is 2.38. The van der Waals surface area contributed by atoms with Crippen LogP contribution in [0.2, 0.25) is 0 Å². The number of amides is 1. The molecule has 2 saturated heterocycles. The van der Waals surface area contributed by atoms with Crippen molar-refractivity contribution >= 4 is 18.3 Å².